The molecular formula is C20H20N4O2. The van der Waals surface area contributed by atoms with Crippen LogP contribution in [0.25, 0.3) is 0 Å². The highest BCUT2D eigenvalue weighted by molar-refractivity contribution is 5.92. The molecule has 0 radical (unpaired) electrons. The summed E-state index contributed by atoms with van der Waals surface area (Å²) < 4.78 is 5.29. The number of hydrogen-bond donors (Lipinski definition) is 2. The van der Waals surface area contributed by atoms with Gasteiger partial charge in [0.1, 0.15) is 5.75 Å². The van der Waals surface area contributed by atoms with Crippen LogP contribution in [-0.4, -0.2) is 23.2 Å². The number of amides is 1. The van der Waals surface area contributed by atoms with Crippen molar-refractivity contribution in [3.63, 3.8) is 0 Å². The minimum Gasteiger partial charge on any atom is -0.495 e. The van der Waals surface area contributed by atoms with Crippen molar-refractivity contribution in [2.75, 3.05) is 12.4 Å². The fraction of sp³-hybridized carbons (Fsp3) is 0.150. The van der Waals surface area contributed by atoms with E-state index in [0.717, 1.165) is 16.8 Å². The van der Waals surface area contributed by atoms with Crippen LogP contribution < -0.4 is 15.4 Å². The number of benzene rings is 2. The van der Waals surface area contributed by atoms with Gasteiger partial charge < -0.3 is 15.4 Å². The molecule has 2 N–H and O–H groups in total. The Balaban J connectivity index is 1.62. The molecule has 132 valence electrons. The molecule has 0 fully saturated rings. The number of para-hydroxylation sites is 2. The Morgan fingerprint density at radius 2 is 1.88 bits per heavy atom. The first-order chi connectivity index (χ1) is 12.7. The Labute approximate surface area is 152 Å². The van der Waals surface area contributed by atoms with E-state index in [9.17, 15) is 4.79 Å². The van der Waals surface area contributed by atoms with Crippen LogP contribution in [0.15, 0.2) is 60.7 Å². The fourth-order valence-corrected chi connectivity index (χ4v) is 2.50. The molecule has 3 aromatic rings. The number of carbonyl (C=O) groups is 1. The Hall–Kier alpha value is -3.41. The smallest absolute Gasteiger partial charge is 0.272 e. The zero-order chi connectivity index (χ0) is 18.4. The van der Waals surface area contributed by atoms with Gasteiger partial charge in [-0.2, -0.15) is 0 Å². The third-order valence-electron chi connectivity index (χ3n) is 3.80. The van der Waals surface area contributed by atoms with E-state index in [1.54, 1.807) is 19.2 Å². The minimum atomic E-state index is -0.261. The van der Waals surface area contributed by atoms with Gasteiger partial charge in [-0.15, -0.1) is 10.2 Å². The molecule has 3 rings (SSSR count). The highest BCUT2D eigenvalue weighted by Gasteiger charge is 2.09. The Morgan fingerprint density at radius 1 is 1.04 bits per heavy atom. The summed E-state index contributed by atoms with van der Waals surface area (Å²) in [5, 5.41) is 14.0. The molecule has 2 aromatic carbocycles. The van der Waals surface area contributed by atoms with E-state index in [-0.39, 0.29) is 11.6 Å². The average Bonchev–Trinajstić information content (AvgIpc) is 2.67. The molecule has 0 saturated heterocycles. The zero-order valence-corrected chi connectivity index (χ0v) is 14.7. The first-order valence-corrected chi connectivity index (χ1v) is 8.23. The molecule has 0 bridgehead atoms. The summed E-state index contributed by atoms with van der Waals surface area (Å²) in [4.78, 5) is 12.2. The maximum absolute atomic E-state index is 12.2. The lowest BCUT2D eigenvalue weighted by molar-refractivity contribution is 0.0945. The van der Waals surface area contributed by atoms with Gasteiger partial charge in [-0.25, -0.2) is 0 Å². The fourth-order valence-electron chi connectivity index (χ4n) is 2.50. The molecule has 0 atom stereocenters. The Bertz CT molecular complexity index is 894. The predicted octanol–water partition coefficient (Wildman–Crippen LogP) is 3.47. The quantitative estimate of drug-likeness (QED) is 0.713. The van der Waals surface area contributed by atoms with Crippen molar-refractivity contribution in [2.45, 2.75) is 13.5 Å². The van der Waals surface area contributed by atoms with Crippen LogP contribution in [0.4, 0.5) is 11.5 Å². The molecule has 0 saturated carbocycles. The molecule has 1 amide bonds. The van der Waals surface area contributed by atoms with E-state index in [1.165, 1.54) is 0 Å². The van der Waals surface area contributed by atoms with Crippen LogP contribution in [0.3, 0.4) is 0 Å². The summed E-state index contributed by atoms with van der Waals surface area (Å²) in [7, 11) is 1.61. The second-order valence-corrected chi connectivity index (χ2v) is 5.80. The topological polar surface area (TPSA) is 76.1 Å². The monoisotopic (exact) mass is 348 g/mol. The van der Waals surface area contributed by atoms with Crippen molar-refractivity contribution in [1.29, 1.82) is 0 Å². The summed E-state index contributed by atoms with van der Waals surface area (Å²) in [5.41, 5.74) is 3.24. The van der Waals surface area contributed by atoms with Gasteiger partial charge in [0.15, 0.2) is 11.5 Å². The van der Waals surface area contributed by atoms with Gasteiger partial charge in [0.25, 0.3) is 5.91 Å². The summed E-state index contributed by atoms with van der Waals surface area (Å²) in [6.45, 7) is 2.47. The number of ether oxygens (including phenoxy) is 1. The van der Waals surface area contributed by atoms with Gasteiger partial charge in [-0.3, -0.25) is 4.79 Å². The van der Waals surface area contributed by atoms with Gasteiger partial charge in [0.2, 0.25) is 0 Å². The highest BCUT2D eigenvalue weighted by Crippen LogP contribution is 2.25. The van der Waals surface area contributed by atoms with Crippen molar-refractivity contribution in [3.8, 4) is 5.75 Å². The van der Waals surface area contributed by atoms with E-state index < -0.39 is 0 Å². The second-order valence-electron chi connectivity index (χ2n) is 5.80. The minimum absolute atomic E-state index is 0.261. The van der Waals surface area contributed by atoms with Crippen molar-refractivity contribution in [3.05, 3.63) is 77.5 Å². The van der Waals surface area contributed by atoms with Crippen LogP contribution in [0.2, 0.25) is 0 Å². The number of aromatic nitrogens is 2. The van der Waals surface area contributed by atoms with Crippen LogP contribution >= 0.6 is 0 Å². The number of anilines is 2. The summed E-state index contributed by atoms with van der Waals surface area (Å²) >= 11 is 0. The zero-order valence-electron chi connectivity index (χ0n) is 14.7. The number of carbonyl (C=O) groups excluding carboxylic acids is 1. The molecular weight excluding hydrogens is 328 g/mol. The second kappa shape index (κ2) is 8.11. The lowest BCUT2D eigenvalue weighted by Crippen LogP contribution is -2.24. The van der Waals surface area contributed by atoms with Gasteiger partial charge in [0, 0.05) is 6.54 Å². The van der Waals surface area contributed by atoms with E-state index in [0.29, 0.717) is 18.1 Å². The van der Waals surface area contributed by atoms with Crippen molar-refractivity contribution < 1.29 is 9.53 Å². The van der Waals surface area contributed by atoms with Crippen LogP contribution in [-0.2, 0) is 6.54 Å². The highest BCUT2D eigenvalue weighted by atomic mass is 16.5. The van der Waals surface area contributed by atoms with Crippen LogP contribution in [0.1, 0.15) is 21.6 Å². The van der Waals surface area contributed by atoms with Gasteiger partial charge in [-0.1, -0.05) is 42.0 Å². The van der Waals surface area contributed by atoms with Crippen molar-refractivity contribution in [2.24, 2.45) is 0 Å². The summed E-state index contributed by atoms with van der Waals surface area (Å²) in [6.07, 6.45) is 0. The molecule has 0 aliphatic carbocycles. The summed E-state index contributed by atoms with van der Waals surface area (Å²) in [5.74, 6) is 0.974. The van der Waals surface area contributed by atoms with Crippen LogP contribution in [0.5, 0.6) is 5.75 Å². The third-order valence-corrected chi connectivity index (χ3v) is 3.80. The average molecular weight is 348 g/mol. The van der Waals surface area contributed by atoms with E-state index in [2.05, 4.69) is 20.8 Å². The largest absolute Gasteiger partial charge is 0.495 e. The van der Waals surface area contributed by atoms with Gasteiger partial charge >= 0.3 is 0 Å². The maximum Gasteiger partial charge on any atom is 0.272 e. The molecule has 0 aliphatic rings. The standard InChI is InChI=1S/C20H20N4O2/c1-14-6-5-7-15(12-14)13-21-20(25)17-10-11-19(24-23-17)22-16-8-3-4-9-18(16)26-2/h3-12H,13H2,1-2H3,(H,21,25)(H,22,24). The number of rotatable bonds is 6. The van der Waals surface area contributed by atoms with Gasteiger partial charge in [-0.05, 0) is 36.8 Å². The van der Waals surface area contributed by atoms with E-state index in [4.69, 9.17) is 4.74 Å². The molecule has 1 aromatic heterocycles. The Kier molecular flexibility index (Phi) is 5.43. The molecule has 0 unspecified atom stereocenters. The van der Waals surface area contributed by atoms with Crippen LogP contribution in [0, 0.1) is 6.92 Å². The molecule has 26 heavy (non-hydrogen) atoms. The first-order valence-electron chi connectivity index (χ1n) is 8.23. The maximum atomic E-state index is 12.2. The molecule has 6 heteroatoms. The lowest BCUT2D eigenvalue weighted by Gasteiger charge is -2.10. The number of hydrogen-bond acceptors (Lipinski definition) is 5. The predicted molar refractivity (Wildman–Crippen MR) is 101 cm³/mol. The SMILES string of the molecule is COc1ccccc1Nc1ccc(C(=O)NCc2cccc(C)c2)nn1. The number of methoxy groups -OCH3 is 1. The first kappa shape index (κ1) is 17.4. The molecule has 1 heterocycles. The number of nitrogens with one attached hydrogen (secondary N) is 2. The van der Waals surface area contributed by atoms with E-state index in [1.807, 2.05) is 55.5 Å². The third kappa shape index (κ3) is 4.36. The van der Waals surface area contributed by atoms with Crippen molar-refractivity contribution >= 4 is 17.4 Å². The number of nitrogens with zero attached hydrogens (tertiary/aromatic N) is 2. The van der Waals surface area contributed by atoms with E-state index >= 15 is 0 Å². The Morgan fingerprint density at radius 3 is 2.62 bits per heavy atom. The lowest BCUT2D eigenvalue weighted by atomic mass is 10.1. The molecule has 6 nitrogen and oxygen atoms in total. The normalized spacial score (nSPS) is 10.2. The van der Waals surface area contributed by atoms with Gasteiger partial charge in [0.05, 0.1) is 12.8 Å². The molecule has 0 aliphatic heterocycles. The van der Waals surface area contributed by atoms with Crippen molar-refractivity contribution in [1.82, 2.24) is 15.5 Å². The summed E-state index contributed by atoms with van der Waals surface area (Å²) in [6, 6.07) is 18.8. The molecule has 0 spiro atoms. The number of aryl methyl sites for hydroxylation is 1.